The normalized spacial score (nSPS) is 17.4. The van der Waals surface area contributed by atoms with Crippen molar-refractivity contribution < 1.29 is 31.2 Å². The highest BCUT2D eigenvalue weighted by Crippen LogP contribution is 2.36. The third-order valence-electron chi connectivity index (χ3n) is 6.95. The van der Waals surface area contributed by atoms with Crippen molar-refractivity contribution in [2.75, 3.05) is 29.3 Å². The number of sulfonamides is 2. The Hall–Kier alpha value is -3.74. The van der Waals surface area contributed by atoms with Gasteiger partial charge in [-0.3, -0.25) is 9.10 Å². The number of para-hydroxylation sites is 1. The highest BCUT2D eigenvalue weighted by Gasteiger charge is 2.36. The summed E-state index contributed by atoms with van der Waals surface area (Å²) in [5.74, 6) is -1.48. The van der Waals surface area contributed by atoms with E-state index in [1.54, 1.807) is 12.1 Å². The summed E-state index contributed by atoms with van der Waals surface area (Å²) < 4.78 is 60.2. The predicted octanol–water partition coefficient (Wildman–Crippen LogP) is 3.41. The topological polar surface area (TPSA) is 130 Å². The van der Waals surface area contributed by atoms with Crippen molar-refractivity contribution in [1.29, 1.82) is 0 Å². The number of rotatable bonds is 8. The molecule has 1 fully saturated rings. The second-order valence-electron chi connectivity index (χ2n) is 9.77. The van der Waals surface area contributed by atoms with Crippen LogP contribution in [0.5, 0.6) is 0 Å². The van der Waals surface area contributed by atoms with Gasteiger partial charge in [0.05, 0.1) is 21.0 Å². The molecular formula is C28H29N3O7S2. The number of ether oxygens (including phenoxy) is 1. The van der Waals surface area contributed by atoms with Crippen molar-refractivity contribution in [3.05, 3.63) is 83.9 Å². The van der Waals surface area contributed by atoms with Gasteiger partial charge in [0.15, 0.2) is 6.61 Å². The van der Waals surface area contributed by atoms with Gasteiger partial charge in [0.2, 0.25) is 10.0 Å². The molecule has 0 spiro atoms. The molecule has 0 bridgehead atoms. The first kappa shape index (κ1) is 27.8. The third-order valence-corrected chi connectivity index (χ3v) is 10.8. The number of hydrogen-bond donors (Lipinski definition) is 1. The maximum atomic E-state index is 13.5. The molecule has 210 valence electrons. The highest BCUT2D eigenvalue weighted by molar-refractivity contribution is 7.93. The molecule has 0 aromatic heterocycles. The van der Waals surface area contributed by atoms with Gasteiger partial charge in [0, 0.05) is 24.8 Å². The predicted molar refractivity (Wildman–Crippen MR) is 149 cm³/mol. The van der Waals surface area contributed by atoms with Gasteiger partial charge in [-0.2, -0.15) is 4.31 Å². The van der Waals surface area contributed by atoms with Gasteiger partial charge in [0.1, 0.15) is 0 Å². The van der Waals surface area contributed by atoms with Crippen molar-refractivity contribution in [1.82, 2.24) is 4.31 Å². The van der Waals surface area contributed by atoms with E-state index in [1.165, 1.54) is 57.1 Å². The molecule has 2 aliphatic heterocycles. The molecule has 2 aliphatic rings. The maximum Gasteiger partial charge on any atom is 0.338 e. The second kappa shape index (κ2) is 11.0. The van der Waals surface area contributed by atoms with E-state index >= 15 is 0 Å². The van der Waals surface area contributed by atoms with Gasteiger partial charge < -0.3 is 10.1 Å². The Morgan fingerprint density at radius 2 is 1.57 bits per heavy atom. The number of carbonyl (C=O) groups excluding carboxylic acids is 2. The van der Waals surface area contributed by atoms with E-state index in [-0.39, 0.29) is 21.4 Å². The third kappa shape index (κ3) is 5.47. The van der Waals surface area contributed by atoms with E-state index < -0.39 is 38.5 Å². The monoisotopic (exact) mass is 583 g/mol. The molecule has 40 heavy (non-hydrogen) atoms. The zero-order valence-electron chi connectivity index (χ0n) is 21.8. The minimum Gasteiger partial charge on any atom is -0.452 e. The van der Waals surface area contributed by atoms with Crippen molar-refractivity contribution in [2.45, 2.75) is 42.0 Å². The van der Waals surface area contributed by atoms with E-state index in [0.29, 0.717) is 30.9 Å². The molecule has 1 amide bonds. The number of hydrogen-bond acceptors (Lipinski definition) is 7. The van der Waals surface area contributed by atoms with Gasteiger partial charge in [-0.1, -0.05) is 24.3 Å². The first-order valence-electron chi connectivity index (χ1n) is 12.9. The van der Waals surface area contributed by atoms with E-state index in [9.17, 15) is 26.4 Å². The molecule has 1 unspecified atom stereocenters. The number of nitrogens with zero attached hydrogens (tertiary/aromatic N) is 2. The molecule has 5 rings (SSSR count). The van der Waals surface area contributed by atoms with Gasteiger partial charge >= 0.3 is 5.97 Å². The van der Waals surface area contributed by atoms with Crippen LogP contribution in [0.3, 0.4) is 0 Å². The molecule has 3 aromatic rings. The summed E-state index contributed by atoms with van der Waals surface area (Å²) in [6, 6.07) is 18.3. The molecular weight excluding hydrogens is 554 g/mol. The summed E-state index contributed by atoms with van der Waals surface area (Å²) >= 11 is 0. The lowest BCUT2D eigenvalue weighted by Crippen LogP contribution is -2.35. The van der Waals surface area contributed by atoms with Crippen LogP contribution in [0.15, 0.2) is 82.6 Å². The van der Waals surface area contributed by atoms with Crippen LogP contribution in [-0.4, -0.2) is 58.8 Å². The average molecular weight is 584 g/mol. The van der Waals surface area contributed by atoms with Crippen LogP contribution in [0.1, 0.15) is 35.7 Å². The first-order valence-corrected chi connectivity index (χ1v) is 15.7. The minimum atomic E-state index is -3.95. The molecule has 0 radical (unpaired) electrons. The number of amides is 1. The molecule has 1 saturated heterocycles. The fraction of sp³-hybridized carbons (Fsp3) is 0.286. The molecule has 1 N–H and O–H groups in total. The molecule has 0 aliphatic carbocycles. The van der Waals surface area contributed by atoms with Gasteiger partial charge in [-0.25, -0.2) is 21.6 Å². The Balaban J connectivity index is 1.21. The summed E-state index contributed by atoms with van der Waals surface area (Å²) in [7, 11) is -7.52. The summed E-state index contributed by atoms with van der Waals surface area (Å²) in [4.78, 5) is 25.1. The molecule has 10 nitrogen and oxygen atoms in total. The summed E-state index contributed by atoms with van der Waals surface area (Å²) in [5.41, 5.74) is 1.88. The van der Waals surface area contributed by atoms with Gasteiger partial charge in [0.25, 0.3) is 15.9 Å². The number of fused-ring (bicyclic) bond motifs is 1. The van der Waals surface area contributed by atoms with Crippen LogP contribution >= 0.6 is 0 Å². The Kier molecular flexibility index (Phi) is 7.67. The number of esters is 1. The molecule has 3 aromatic carbocycles. The standard InChI is InChI=1S/C28H29N3O7S2/c1-20-17-21-7-2-3-10-26(21)31(20)40(36,37)25-9-6-8-22(18-25)28(33)38-19-27(32)29-23-11-13-24(14-12-23)39(34,35)30-15-4-5-16-30/h2-3,6-14,18,20H,4-5,15-17,19H2,1H3,(H,29,32). The second-order valence-corrected chi connectivity index (χ2v) is 13.5. The SMILES string of the molecule is CC1Cc2ccccc2N1S(=O)(=O)c1cccc(C(=O)OCC(=O)Nc2ccc(S(=O)(=O)N3CCCC3)cc2)c1. The lowest BCUT2D eigenvalue weighted by Gasteiger charge is -2.24. The van der Waals surface area contributed by atoms with Crippen molar-refractivity contribution in [3.63, 3.8) is 0 Å². The quantitative estimate of drug-likeness (QED) is 0.402. The van der Waals surface area contributed by atoms with Crippen LogP contribution in [0.25, 0.3) is 0 Å². The Bertz CT molecular complexity index is 1650. The smallest absolute Gasteiger partial charge is 0.338 e. The molecule has 0 saturated carbocycles. The number of carbonyl (C=O) groups is 2. The Morgan fingerprint density at radius 3 is 2.30 bits per heavy atom. The number of anilines is 2. The average Bonchev–Trinajstić information content (AvgIpc) is 3.60. The summed E-state index contributed by atoms with van der Waals surface area (Å²) in [5, 5.41) is 2.56. The summed E-state index contributed by atoms with van der Waals surface area (Å²) in [6.07, 6.45) is 2.25. The van der Waals surface area contributed by atoms with Crippen molar-refractivity contribution in [2.24, 2.45) is 0 Å². The first-order chi connectivity index (χ1) is 19.1. The summed E-state index contributed by atoms with van der Waals surface area (Å²) in [6.45, 7) is 2.20. The molecule has 2 heterocycles. The van der Waals surface area contributed by atoms with E-state index in [1.807, 2.05) is 19.1 Å². The molecule has 1 atom stereocenters. The van der Waals surface area contributed by atoms with Crippen LogP contribution in [0.2, 0.25) is 0 Å². The number of nitrogens with one attached hydrogen (secondary N) is 1. The van der Waals surface area contributed by atoms with Gasteiger partial charge in [-0.15, -0.1) is 0 Å². The minimum absolute atomic E-state index is 0.00881. The highest BCUT2D eigenvalue weighted by atomic mass is 32.2. The maximum absolute atomic E-state index is 13.5. The number of benzene rings is 3. The Labute approximate surface area is 233 Å². The van der Waals surface area contributed by atoms with Crippen LogP contribution in [-0.2, 0) is 36.0 Å². The fourth-order valence-corrected chi connectivity index (χ4v) is 8.26. The van der Waals surface area contributed by atoms with Crippen molar-refractivity contribution in [3.8, 4) is 0 Å². The molecule has 12 heteroatoms. The fourth-order valence-electron chi connectivity index (χ4n) is 5.00. The van der Waals surface area contributed by atoms with Gasteiger partial charge in [-0.05, 0) is 80.3 Å². The van der Waals surface area contributed by atoms with E-state index in [4.69, 9.17) is 4.74 Å². The lowest BCUT2D eigenvalue weighted by molar-refractivity contribution is -0.119. The van der Waals surface area contributed by atoms with E-state index in [0.717, 1.165) is 18.4 Å². The zero-order valence-corrected chi connectivity index (χ0v) is 23.4. The van der Waals surface area contributed by atoms with Crippen molar-refractivity contribution >= 4 is 43.3 Å². The van der Waals surface area contributed by atoms with E-state index in [2.05, 4.69) is 5.32 Å². The Morgan fingerprint density at radius 1 is 0.875 bits per heavy atom. The lowest BCUT2D eigenvalue weighted by atomic mass is 10.1. The van der Waals surface area contributed by atoms with Crippen LogP contribution in [0, 0.1) is 0 Å². The largest absolute Gasteiger partial charge is 0.452 e. The van der Waals surface area contributed by atoms with Crippen LogP contribution < -0.4 is 9.62 Å². The zero-order chi connectivity index (χ0) is 28.5. The van der Waals surface area contributed by atoms with Crippen LogP contribution in [0.4, 0.5) is 11.4 Å².